The van der Waals surface area contributed by atoms with E-state index in [-0.39, 0.29) is 11.9 Å². The Morgan fingerprint density at radius 1 is 1.33 bits per heavy atom. The minimum atomic E-state index is -0.190. The van der Waals surface area contributed by atoms with Gasteiger partial charge < -0.3 is 15.5 Å². The molecule has 2 N–H and O–H groups in total. The zero-order valence-corrected chi connectivity index (χ0v) is 13.5. The van der Waals surface area contributed by atoms with Gasteiger partial charge in [-0.05, 0) is 38.3 Å². The number of carbonyl (C=O) groups is 1. The molecule has 0 aliphatic carbocycles. The normalized spacial score (nSPS) is 16.4. The molecule has 2 rings (SSSR count). The van der Waals surface area contributed by atoms with E-state index in [1.807, 2.05) is 48.0 Å². The van der Waals surface area contributed by atoms with Crippen LogP contribution in [0.25, 0.3) is 0 Å². The van der Waals surface area contributed by atoms with Gasteiger partial charge in [0.25, 0.3) is 0 Å². The summed E-state index contributed by atoms with van der Waals surface area (Å²) in [6, 6.07) is 7.52. The number of nitrogens with two attached hydrogens (primary N) is 1. The van der Waals surface area contributed by atoms with Crippen LogP contribution < -0.4 is 10.6 Å². The third-order valence-electron chi connectivity index (χ3n) is 4.14. The van der Waals surface area contributed by atoms with E-state index in [9.17, 15) is 4.79 Å². The summed E-state index contributed by atoms with van der Waals surface area (Å²) in [5.74, 6) is 0.193. The molecule has 0 aromatic heterocycles. The van der Waals surface area contributed by atoms with E-state index in [0.29, 0.717) is 4.99 Å². The van der Waals surface area contributed by atoms with Crippen LogP contribution in [0.1, 0.15) is 31.7 Å². The Morgan fingerprint density at radius 3 is 2.62 bits per heavy atom. The second-order valence-electron chi connectivity index (χ2n) is 5.59. The summed E-state index contributed by atoms with van der Waals surface area (Å²) in [6.07, 6.45) is 3.45. The fraction of sp³-hybridized carbons (Fsp3) is 0.500. The molecule has 1 unspecified atom stereocenters. The summed E-state index contributed by atoms with van der Waals surface area (Å²) in [7, 11) is 1.94. The predicted octanol–water partition coefficient (Wildman–Crippen LogP) is 2.16. The molecular weight excluding hydrogens is 282 g/mol. The summed E-state index contributed by atoms with van der Waals surface area (Å²) in [4.78, 5) is 16.9. The van der Waals surface area contributed by atoms with Crippen molar-refractivity contribution in [3.8, 4) is 0 Å². The molecule has 1 saturated heterocycles. The number of carbonyl (C=O) groups excluding carboxylic acids is 1. The average molecular weight is 305 g/mol. The number of benzene rings is 1. The van der Waals surface area contributed by atoms with Gasteiger partial charge in [-0.2, -0.15) is 0 Å². The zero-order valence-electron chi connectivity index (χ0n) is 12.7. The molecule has 1 aliphatic heterocycles. The maximum Gasteiger partial charge on any atom is 0.244 e. The SMILES string of the molecule is CC(C(=O)N1CCCCC1)N(C)c1cccc(C(N)=S)c1. The summed E-state index contributed by atoms with van der Waals surface area (Å²) in [6.45, 7) is 3.71. The van der Waals surface area contributed by atoms with Crippen molar-refractivity contribution in [2.45, 2.75) is 32.2 Å². The molecular formula is C16H23N3OS. The van der Waals surface area contributed by atoms with Crippen LogP contribution >= 0.6 is 12.2 Å². The fourth-order valence-electron chi connectivity index (χ4n) is 2.65. The van der Waals surface area contributed by atoms with Gasteiger partial charge >= 0.3 is 0 Å². The van der Waals surface area contributed by atoms with E-state index in [1.54, 1.807) is 0 Å². The second-order valence-corrected chi connectivity index (χ2v) is 6.03. The molecule has 1 amide bonds. The largest absolute Gasteiger partial charge is 0.389 e. The Morgan fingerprint density at radius 2 is 2.00 bits per heavy atom. The van der Waals surface area contributed by atoms with E-state index in [0.717, 1.165) is 37.2 Å². The van der Waals surface area contributed by atoms with Crippen LogP contribution in [0.3, 0.4) is 0 Å². The summed E-state index contributed by atoms with van der Waals surface area (Å²) < 4.78 is 0. The number of anilines is 1. The Balaban J connectivity index is 2.10. The van der Waals surface area contributed by atoms with Gasteiger partial charge in [0.15, 0.2) is 0 Å². The molecule has 1 fully saturated rings. The van der Waals surface area contributed by atoms with Crippen LogP contribution in [0.5, 0.6) is 0 Å². The van der Waals surface area contributed by atoms with Crippen LogP contribution in [0.15, 0.2) is 24.3 Å². The Labute approximate surface area is 131 Å². The summed E-state index contributed by atoms with van der Waals surface area (Å²) in [5, 5.41) is 0. The Bertz CT molecular complexity index is 526. The maximum absolute atomic E-state index is 12.6. The molecule has 1 aromatic carbocycles. The quantitative estimate of drug-likeness (QED) is 0.866. The number of nitrogens with zero attached hydrogens (tertiary/aromatic N) is 2. The lowest BCUT2D eigenvalue weighted by Crippen LogP contribution is -2.47. The second kappa shape index (κ2) is 6.89. The lowest BCUT2D eigenvalue weighted by atomic mass is 10.1. The van der Waals surface area contributed by atoms with Crippen LogP contribution in [0, 0.1) is 0 Å². The van der Waals surface area contributed by atoms with E-state index in [1.165, 1.54) is 6.42 Å². The van der Waals surface area contributed by atoms with Crippen LogP contribution in [0.4, 0.5) is 5.69 Å². The van der Waals surface area contributed by atoms with Crippen molar-refractivity contribution < 1.29 is 4.79 Å². The first-order valence-corrected chi connectivity index (χ1v) is 7.83. The number of amides is 1. The van der Waals surface area contributed by atoms with E-state index < -0.39 is 0 Å². The molecule has 1 heterocycles. The van der Waals surface area contributed by atoms with Gasteiger partial charge in [-0.15, -0.1) is 0 Å². The van der Waals surface area contributed by atoms with Crippen LogP contribution in [-0.4, -0.2) is 42.0 Å². The first kappa shape index (κ1) is 15.8. The van der Waals surface area contributed by atoms with Crippen molar-refractivity contribution in [1.82, 2.24) is 4.90 Å². The first-order chi connectivity index (χ1) is 10.0. The number of piperidine rings is 1. The highest BCUT2D eigenvalue weighted by Gasteiger charge is 2.25. The van der Waals surface area contributed by atoms with E-state index in [2.05, 4.69) is 0 Å². The molecule has 21 heavy (non-hydrogen) atoms. The standard InChI is InChI=1S/C16H23N3OS/c1-12(16(20)19-9-4-3-5-10-19)18(2)14-8-6-7-13(11-14)15(17)21/h6-8,11-12H,3-5,9-10H2,1-2H3,(H2,17,21). The molecule has 4 nitrogen and oxygen atoms in total. The maximum atomic E-state index is 12.6. The van der Waals surface area contributed by atoms with Gasteiger partial charge in [-0.25, -0.2) is 0 Å². The molecule has 1 aliphatic rings. The monoisotopic (exact) mass is 305 g/mol. The molecule has 0 radical (unpaired) electrons. The van der Waals surface area contributed by atoms with Crippen LogP contribution in [0.2, 0.25) is 0 Å². The minimum absolute atomic E-state index is 0.190. The van der Waals surface area contributed by atoms with Gasteiger partial charge in [-0.3, -0.25) is 4.79 Å². The fourth-order valence-corrected chi connectivity index (χ4v) is 2.77. The van der Waals surface area contributed by atoms with Crippen molar-refractivity contribution in [2.75, 3.05) is 25.0 Å². The zero-order chi connectivity index (χ0) is 15.4. The van der Waals surface area contributed by atoms with Gasteiger partial charge in [-0.1, -0.05) is 24.4 Å². The van der Waals surface area contributed by atoms with Gasteiger partial charge in [0.2, 0.25) is 5.91 Å². The van der Waals surface area contributed by atoms with Crippen molar-refractivity contribution in [2.24, 2.45) is 5.73 Å². The third-order valence-corrected chi connectivity index (χ3v) is 4.38. The number of hydrogen-bond acceptors (Lipinski definition) is 3. The molecule has 0 bridgehead atoms. The van der Waals surface area contributed by atoms with E-state index in [4.69, 9.17) is 18.0 Å². The number of thiocarbonyl (C=S) groups is 1. The van der Waals surface area contributed by atoms with Gasteiger partial charge in [0.1, 0.15) is 11.0 Å². The lowest BCUT2D eigenvalue weighted by molar-refractivity contribution is -0.133. The molecule has 1 aromatic rings. The van der Waals surface area contributed by atoms with Crippen molar-refractivity contribution in [3.63, 3.8) is 0 Å². The topological polar surface area (TPSA) is 49.6 Å². The highest BCUT2D eigenvalue weighted by atomic mass is 32.1. The molecule has 5 heteroatoms. The smallest absolute Gasteiger partial charge is 0.244 e. The van der Waals surface area contributed by atoms with Crippen LogP contribution in [-0.2, 0) is 4.79 Å². The Hall–Kier alpha value is -1.62. The molecule has 1 atom stereocenters. The number of likely N-dealkylation sites (N-methyl/N-ethyl adjacent to an activating group) is 1. The number of hydrogen-bond donors (Lipinski definition) is 1. The molecule has 0 saturated carbocycles. The highest BCUT2D eigenvalue weighted by Crippen LogP contribution is 2.19. The van der Waals surface area contributed by atoms with Crippen molar-refractivity contribution >= 4 is 28.8 Å². The van der Waals surface area contributed by atoms with E-state index >= 15 is 0 Å². The first-order valence-electron chi connectivity index (χ1n) is 7.42. The molecule has 0 spiro atoms. The van der Waals surface area contributed by atoms with Crippen molar-refractivity contribution in [3.05, 3.63) is 29.8 Å². The summed E-state index contributed by atoms with van der Waals surface area (Å²) in [5.41, 5.74) is 7.46. The average Bonchev–Trinajstić information content (AvgIpc) is 2.53. The predicted molar refractivity (Wildman–Crippen MR) is 90.6 cm³/mol. The van der Waals surface area contributed by atoms with Crippen molar-refractivity contribution in [1.29, 1.82) is 0 Å². The van der Waals surface area contributed by atoms with Gasteiger partial charge in [0, 0.05) is 31.4 Å². The minimum Gasteiger partial charge on any atom is -0.389 e. The number of rotatable bonds is 4. The summed E-state index contributed by atoms with van der Waals surface area (Å²) >= 11 is 5.01. The molecule has 114 valence electrons. The van der Waals surface area contributed by atoms with Gasteiger partial charge in [0.05, 0.1) is 0 Å². The third kappa shape index (κ3) is 3.73. The number of likely N-dealkylation sites (tertiary alicyclic amines) is 1. The highest BCUT2D eigenvalue weighted by molar-refractivity contribution is 7.80. The Kier molecular flexibility index (Phi) is 5.17. The lowest BCUT2D eigenvalue weighted by Gasteiger charge is -2.33.